The number of imidazole rings is 1. The van der Waals surface area contributed by atoms with Crippen molar-refractivity contribution in [1.29, 1.82) is 0 Å². The Hall–Kier alpha value is -1.61. The maximum absolute atomic E-state index is 8.97. The molecule has 0 unspecified atom stereocenters. The molecule has 0 radical (unpaired) electrons. The zero-order valence-electron chi connectivity index (χ0n) is 7.77. The number of nitrogens with zero attached hydrogens (tertiary/aromatic N) is 1. The van der Waals surface area contributed by atoms with Crippen LogP contribution in [-0.4, -0.2) is 15.1 Å². The van der Waals surface area contributed by atoms with Gasteiger partial charge in [0, 0.05) is 18.3 Å². The normalized spacial score (nSPS) is 10.4. The van der Waals surface area contributed by atoms with Crippen LogP contribution in [0.3, 0.4) is 0 Å². The van der Waals surface area contributed by atoms with E-state index in [-0.39, 0.29) is 6.61 Å². The van der Waals surface area contributed by atoms with Crippen LogP contribution >= 0.6 is 0 Å². The van der Waals surface area contributed by atoms with Gasteiger partial charge in [-0.25, -0.2) is 4.98 Å². The van der Waals surface area contributed by atoms with E-state index >= 15 is 0 Å². The molecule has 0 saturated heterocycles. The molecular formula is C11H12N2O. The Morgan fingerprint density at radius 1 is 1.29 bits per heavy atom. The fourth-order valence-electron chi connectivity index (χ4n) is 1.44. The van der Waals surface area contributed by atoms with Crippen molar-refractivity contribution in [3.8, 4) is 0 Å². The third kappa shape index (κ3) is 2.00. The molecule has 72 valence electrons. The van der Waals surface area contributed by atoms with Crippen molar-refractivity contribution in [2.75, 3.05) is 0 Å². The lowest BCUT2D eigenvalue weighted by molar-refractivity contribution is 0.281. The van der Waals surface area contributed by atoms with E-state index in [0.29, 0.717) is 0 Å². The highest BCUT2D eigenvalue weighted by atomic mass is 16.3. The smallest absolute Gasteiger partial charge is 0.0921 e. The molecule has 0 aliphatic heterocycles. The van der Waals surface area contributed by atoms with Crippen LogP contribution < -0.4 is 0 Å². The third-order valence-corrected chi connectivity index (χ3v) is 2.12. The van der Waals surface area contributed by atoms with Crippen molar-refractivity contribution in [3.63, 3.8) is 0 Å². The minimum atomic E-state index is 0.0941. The third-order valence-electron chi connectivity index (χ3n) is 2.12. The van der Waals surface area contributed by atoms with Crippen LogP contribution in [0.4, 0.5) is 0 Å². The summed E-state index contributed by atoms with van der Waals surface area (Å²) in [6.45, 7) is 0.0941. The molecule has 0 saturated carbocycles. The van der Waals surface area contributed by atoms with Crippen LogP contribution in [0.5, 0.6) is 0 Å². The molecule has 1 aromatic heterocycles. The summed E-state index contributed by atoms with van der Waals surface area (Å²) in [4.78, 5) is 7.01. The van der Waals surface area contributed by atoms with Crippen LogP contribution in [-0.2, 0) is 13.0 Å². The van der Waals surface area contributed by atoms with Crippen molar-refractivity contribution in [3.05, 3.63) is 53.6 Å². The van der Waals surface area contributed by atoms with Crippen LogP contribution in [0.2, 0.25) is 0 Å². The number of aromatic nitrogens is 2. The first-order chi connectivity index (χ1) is 6.88. The van der Waals surface area contributed by atoms with E-state index in [1.165, 1.54) is 5.56 Å². The molecule has 0 aliphatic rings. The molecule has 3 heteroatoms. The summed E-state index contributed by atoms with van der Waals surface area (Å²) in [5.41, 5.74) is 3.21. The van der Waals surface area contributed by atoms with Gasteiger partial charge in [-0.2, -0.15) is 0 Å². The topological polar surface area (TPSA) is 48.9 Å². The second-order valence-corrected chi connectivity index (χ2v) is 3.23. The van der Waals surface area contributed by atoms with E-state index in [4.69, 9.17) is 5.11 Å². The number of aliphatic hydroxyl groups is 1. The number of aromatic amines is 1. The first kappa shape index (κ1) is 8.97. The van der Waals surface area contributed by atoms with Gasteiger partial charge in [0.2, 0.25) is 0 Å². The maximum atomic E-state index is 8.97. The standard InChI is InChI=1S/C11H12N2O/c14-7-10-3-1-2-9(4-10)5-11-6-12-8-13-11/h1-4,6,8,14H,5,7H2,(H,12,13). The van der Waals surface area contributed by atoms with Gasteiger partial charge in [0.05, 0.1) is 12.9 Å². The monoisotopic (exact) mass is 188 g/mol. The molecule has 2 aromatic rings. The zero-order chi connectivity index (χ0) is 9.80. The lowest BCUT2D eigenvalue weighted by Gasteiger charge is -2.01. The van der Waals surface area contributed by atoms with Gasteiger partial charge >= 0.3 is 0 Å². The molecule has 0 spiro atoms. The molecule has 0 fully saturated rings. The summed E-state index contributed by atoms with van der Waals surface area (Å²) in [5.74, 6) is 0. The van der Waals surface area contributed by atoms with Gasteiger partial charge in [0.1, 0.15) is 0 Å². The fourth-order valence-corrected chi connectivity index (χ4v) is 1.44. The molecule has 1 aromatic carbocycles. The average Bonchev–Trinajstić information content (AvgIpc) is 2.71. The summed E-state index contributed by atoms with van der Waals surface area (Å²) in [6, 6.07) is 7.91. The number of aliphatic hydroxyl groups excluding tert-OH is 1. The lowest BCUT2D eigenvalue weighted by Crippen LogP contribution is -1.90. The molecule has 0 aliphatic carbocycles. The Balaban J connectivity index is 2.17. The SMILES string of the molecule is OCc1cccc(Cc2cnc[nH]2)c1. The number of nitrogens with one attached hydrogen (secondary N) is 1. The predicted octanol–water partition coefficient (Wildman–Crippen LogP) is 1.49. The molecule has 2 N–H and O–H groups in total. The summed E-state index contributed by atoms with van der Waals surface area (Å²) in [7, 11) is 0. The number of H-pyrrole nitrogens is 1. The van der Waals surface area contributed by atoms with Crippen LogP contribution in [0.15, 0.2) is 36.8 Å². The lowest BCUT2D eigenvalue weighted by atomic mass is 10.1. The predicted molar refractivity (Wildman–Crippen MR) is 53.8 cm³/mol. The summed E-state index contributed by atoms with van der Waals surface area (Å²) in [5, 5.41) is 8.97. The number of hydrogen-bond acceptors (Lipinski definition) is 2. The number of hydrogen-bond donors (Lipinski definition) is 2. The van der Waals surface area contributed by atoms with Gasteiger partial charge in [-0.1, -0.05) is 24.3 Å². The number of benzene rings is 1. The Bertz CT molecular complexity index is 395. The summed E-state index contributed by atoms with van der Waals surface area (Å²) < 4.78 is 0. The van der Waals surface area contributed by atoms with Gasteiger partial charge in [-0.3, -0.25) is 0 Å². The highest BCUT2D eigenvalue weighted by Gasteiger charge is 1.98. The van der Waals surface area contributed by atoms with E-state index in [0.717, 1.165) is 17.7 Å². The quantitative estimate of drug-likeness (QED) is 0.766. The molecule has 0 atom stereocenters. The summed E-state index contributed by atoms with van der Waals surface area (Å²) >= 11 is 0. The molecule has 1 heterocycles. The van der Waals surface area contributed by atoms with Crippen molar-refractivity contribution in [2.45, 2.75) is 13.0 Å². The Kier molecular flexibility index (Phi) is 2.60. The molecule has 0 amide bonds. The van der Waals surface area contributed by atoms with Crippen molar-refractivity contribution in [1.82, 2.24) is 9.97 Å². The average molecular weight is 188 g/mol. The Labute approximate surface area is 82.4 Å². The van der Waals surface area contributed by atoms with Gasteiger partial charge < -0.3 is 10.1 Å². The second-order valence-electron chi connectivity index (χ2n) is 3.23. The molecule has 3 nitrogen and oxygen atoms in total. The first-order valence-corrected chi connectivity index (χ1v) is 4.54. The first-order valence-electron chi connectivity index (χ1n) is 4.54. The van der Waals surface area contributed by atoms with Crippen LogP contribution in [0.1, 0.15) is 16.8 Å². The van der Waals surface area contributed by atoms with E-state index in [2.05, 4.69) is 9.97 Å². The van der Waals surface area contributed by atoms with E-state index in [1.807, 2.05) is 30.5 Å². The molecule has 14 heavy (non-hydrogen) atoms. The minimum Gasteiger partial charge on any atom is -0.392 e. The Morgan fingerprint density at radius 2 is 2.14 bits per heavy atom. The van der Waals surface area contributed by atoms with Gasteiger partial charge in [0.15, 0.2) is 0 Å². The van der Waals surface area contributed by atoms with E-state index in [1.54, 1.807) is 6.33 Å². The minimum absolute atomic E-state index is 0.0941. The fraction of sp³-hybridized carbons (Fsp3) is 0.182. The number of rotatable bonds is 3. The Morgan fingerprint density at radius 3 is 2.86 bits per heavy atom. The highest BCUT2D eigenvalue weighted by molar-refractivity contribution is 5.26. The van der Waals surface area contributed by atoms with Crippen molar-refractivity contribution >= 4 is 0 Å². The van der Waals surface area contributed by atoms with Crippen molar-refractivity contribution in [2.24, 2.45) is 0 Å². The molecular weight excluding hydrogens is 176 g/mol. The van der Waals surface area contributed by atoms with E-state index in [9.17, 15) is 0 Å². The molecule has 0 bridgehead atoms. The zero-order valence-corrected chi connectivity index (χ0v) is 7.77. The van der Waals surface area contributed by atoms with Gasteiger partial charge in [-0.05, 0) is 11.1 Å². The summed E-state index contributed by atoms with van der Waals surface area (Å²) in [6.07, 6.45) is 4.31. The van der Waals surface area contributed by atoms with Crippen LogP contribution in [0.25, 0.3) is 0 Å². The second kappa shape index (κ2) is 4.07. The van der Waals surface area contributed by atoms with Gasteiger partial charge in [0.25, 0.3) is 0 Å². The van der Waals surface area contributed by atoms with E-state index < -0.39 is 0 Å². The maximum Gasteiger partial charge on any atom is 0.0921 e. The molecule has 2 rings (SSSR count). The highest BCUT2D eigenvalue weighted by Crippen LogP contribution is 2.09. The van der Waals surface area contributed by atoms with Crippen molar-refractivity contribution < 1.29 is 5.11 Å². The van der Waals surface area contributed by atoms with Gasteiger partial charge in [-0.15, -0.1) is 0 Å². The van der Waals surface area contributed by atoms with Crippen LogP contribution in [0, 0.1) is 0 Å². The largest absolute Gasteiger partial charge is 0.392 e.